The molecule has 0 heterocycles. The third-order valence-electron chi connectivity index (χ3n) is 2.79. The van der Waals surface area contributed by atoms with E-state index in [1.54, 1.807) is 7.11 Å². The Kier molecular flexibility index (Phi) is 4.80. The Labute approximate surface area is 102 Å². The second-order valence-electron chi connectivity index (χ2n) is 3.89. The molecular weight excluding hydrogens is 216 g/mol. The summed E-state index contributed by atoms with van der Waals surface area (Å²) in [5, 5.41) is 9.10. The van der Waals surface area contributed by atoms with Crippen LogP contribution in [0.3, 0.4) is 0 Å². The highest BCUT2D eigenvalue weighted by molar-refractivity contribution is 5.55. The summed E-state index contributed by atoms with van der Waals surface area (Å²) in [6, 6.07) is 5.86. The molecule has 17 heavy (non-hydrogen) atoms. The standard InChI is InChI=1S/C13H18N2O2/c1-9(4-5-14)10-6-11(8-15)13(17-3)12(7-10)16-2/h6-7,9H,4-5,14H2,1-3H3. The molecule has 0 saturated heterocycles. The number of ether oxygens (including phenoxy) is 2. The Morgan fingerprint density at radius 1 is 1.35 bits per heavy atom. The molecule has 0 aliphatic heterocycles. The van der Waals surface area contributed by atoms with Gasteiger partial charge in [-0.25, -0.2) is 0 Å². The van der Waals surface area contributed by atoms with Crippen LogP contribution in [-0.2, 0) is 0 Å². The molecule has 0 aliphatic carbocycles. The molecule has 0 amide bonds. The second kappa shape index (κ2) is 6.12. The largest absolute Gasteiger partial charge is 0.493 e. The summed E-state index contributed by atoms with van der Waals surface area (Å²) in [5.41, 5.74) is 7.08. The van der Waals surface area contributed by atoms with E-state index in [4.69, 9.17) is 20.5 Å². The van der Waals surface area contributed by atoms with Crippen molar-refractivity contribution in [3.63, 3.8) is 0 Å². The summed E-state index contributed by atoms with van der Waals surface area (Å²) in [6.07, 6.45) is 0.875. The van der Waals surface area contributed by atoms with Gasteiger partial charge in [0.15, 0.2) is 11.5 Å². The topological polar surface area (TPSA) is 68.3 Å². The average molecular weight is 234 g/mol. The van der Waals surface area contributed by atoms with Crippen molar-refractivity contribution in [2.75, 3.05) is 20.8 Å². The molecule has 0 radical (unpaired) electrons. The lowest BCUT2D eigenvalue weighted by molar-refractivity contribution is 0.353. The lowest BCUT2D eigenvalue weighted by Gasteiger charge is -2.15. The van der Waals surface area contributed by atoms with Crippen molar-refractivity contribution >= 4 is 0 Å². The number of hydrogen-bond donors (Lipinski definition) is 1. The zero-order valence-corrected chi connectivity index (χ0v) is 10.5. The highest BCUT2D eigenvalue weighted by atomic mass is 16.5. The highest BCUT2D eigenvalue weighted by Gasteiger charge is 2.15. The molecular formula is C13H18N2O2. The van der Waals surface area contributed by atoms with Gasteiger partial charge in [-0.1, -0.05) is 6.92 Å². The summed E-state index contributed by atoms with van der Waals surface area (Å²) in [4.78, 5) is 0. The maximum Gasteiger partial charge on any atom is 0.178 e. The number of methoxy groups -OCH3 is 2. The van der Waals surface area contributed by atoms with E-state index < -0.39 is 0 Å². The SMILES string of the molecule is COc1cc(C(C)CCN)cc(C#N)c1OC. The molecule has 1 unspecified atom stereocenters. The monoisotopic (exact) mass is 234 g/mol. The van der Waals surface area contributed by atoms with Gasteiger partial charge in [-0.15, -0.1) is 0 Å². The maximum atomic E-state index is 9.10. The van der Waals surface area contributed by atoms with E-state index in [1.165, 1.54) is 7.11 Å². The third-order valence-corrected chi connectivity index (χ3v) is 2.79. The summed E-state index contributed by atoms with van der Waals surface area (Å²) in [6.45, 7) is 2.70. The van der Waals surface area contributed by atoms with Gasteiger partial charge in [0.2, 0.25) is 0 Å². The normalized spacial score (nSPS) is 11.7. The molecule has 1 rings (SSSR count). The van der Waals surface area contributed by atoms with Crippen LogP contribution in [0.2, 0.25) is 0 Å². The van der Waals surface area contributed by atoms with Crippen molar-refractivity contribution in [2.24, 2.45) is 5.73 Å². The fourth-order valence-electron chi connectivity index (χ4n) is 1.77. The summed E-state index contributed by atoms with van der Waals surface area (Å²) in [7, 11) is 3.10. The van der Waals surface area contributed by atoms with E-state index in [1.807, 2.05) is 12.1 Å². The molecule has 1 aromatic carbocycles. The van der Waals surface area contributed by atoms with Crippen molar-refractivity contribution in [1.82, 2.24) is 0 Å². The van der Waals surface area contributed by atoms with Crippen LogP contribution in [0.5, 0.6) is 11.5 Å². The van der Waals surface area contributed by atoms with Crippen LogP contribution >= 0.6 is 0 Å². The number of hydrogen-bond acceptors (Lipinski definition) is 4. The van der Waals surface area contributed by atoms with Crippen LogP contribution in [0.1, 0.15) is 30.4 Å². The minimum absolute atomic E-state index is 0.298. The molecule has 0 saturated carbocycles. The molecule has 1 aromatic rings. The zero-order chi connectivity index (χ0) is 12.8. The van der Waals surface area contributed by atoms with Gasteiger partial charge in [0.05, 0.1) is 19.8 Å². The molecule has 0 aliphatic rings. The van der Waals surface area contributed by atoms with Crippen molar-refractivity contribution in [3.05, 3.63) is 23.3 Å². The van der Waals surface area contributed by atoms with Crippen LogP contribution in [0.25, 0.3) is 0 Å². The summed E-state index contributed by atoms with van der Waals surface area (Å²) >= 11 is 0. The van der Waals surface area contributed by atoms with Gasteiger partial charge in [0, 0.05) is 0 Å². The molecule has 4 heteroatoms. The minimum Gasteiger partial charge on any atom is -0.493 e. The molecule has 0 fully saturated rings. The maximum absolute atomic E-state index is 9.10. The van der Waals surface area contributed by atoms with Crippen LogP contribution in [0, 0.1) is 11.3 Å². The zero-order valence-electron chi connectivity index (χ0n) is 10.5. The number of nitrogens with zero attached hydrogens (tertiary/aromatic N) is 1. The predicted molar refractivity (Wildman–Crippen MR) is 66.3 cm³/mol. The molecule has 4 nitrogen and oxygen atoms in total. The lowest BCUT2D eigenvalue weighted by atomic mass is 9.95. The van der Waals surface area contributed by atoms with Gasteiger partial charge in [-0.05, 0) is 36.6 Å². The number of rotatable bonds is 5. The van der Waals surface area contributed by atoms with Crippen LogP contribution in [0.4, 0.5) is 0 Å². The summed E-state index contributed by atoms with van der Waals surface area (Å²) < 4.78 is 10.4. The van der Waals surface area contributed by atoms with Crippen LogP contribution < -0.4 is 15.2 Å². The van der Waals surface area contributed by atoms with E-state index in [9.17, 15) is 0 Å². The second-order valence-corrected chi connectivity index (χ2v) is 3.89. The first-order chi connectivity index (χ1) is 8.17. The van der Waals surface area contributed by atoms with Gasteiger partial charge in [-0.2, -0.15) is 5.26 Å². The predicted octanol–water partition coefficient (Wildman–Crippen LogP) is 2.03. The first kappa shape index (κ1) is 13.3. The van der Waals surface area contributed by atoms with E-state index in [0.717, 1.165) is 12.0 Å². The fraction of sp³-hybridized carbons (Fsp3) is 0.462. The Hall–Kier alpha value is -1.73. The van der Waals surface area contributed by atoms with Crippen molar-refractivity contribution < 1.29 is 9.47 Å². The van der Waals surface area contributed by atoms with E-state index in [2.05, 4.69) is 13.0 Å². The number of nitriles is 1. The highest BCUT2D eigenvalue weighted by Crippen LogP contribution is 2.35. The first-order valence-electron chi connectivity index (χ1n) is 5.54. The molecule has 0 bridgehead atoms. The molecule has 1 atom stereocenters. The van der Waals surface area contributed by atoms with E-state index in [0.29, 0.717) is 29.5 Å². The van der Waals surface area contributed by atoms with Crippen molar-refractivity contribution in [3.8, 4) is 17.6 Å². The Morgan fingerprint density at radius 3 is 2.53 bits per heavy atom. The number of nitrogens with two attached hydrogens (primary N) is 1. The number of benzene rings is 1. The fourth-order valence-corrected chi connectivity index (χ4v) is 1.77. The van der Waals surface area contributed by atoms with Crippen molar-refractivity contribution in [2.45, 2.75) is 19.3 Å². The lowest BCUT2D eigenvalue weighted by Crippen LogP contribution is -2.05. The van der Waals surface area contributed by atoms with Gasteiger partial charge >= 0.3 is 0 Å². The Bertz CT molecular complexity index is 424. The van der Waals surface area contributed by atoms with E-state index in [-0.39, 0.29) is 0 Å². The quantitative estimate of drug-likeness (QED) is 0.846. The first-order valence-corrected chi connectivity index (χ1v) is 5.54. The minimum atomic E-state index is 0.298. The van der Waals surface area contributed by atoms with E-state index >= 15 is 0 Å². The smallest absolute Gasteiger partial charge is 0.178 e. The molecule has 0 spiro atoms. The Morgan fingerprint density at radius 2 is 2.06 bits per heavy atom. The van der Waals surface area contributed by atoms with Gasteiger partial charge in [0.1, 0.15) is 6.07 Å². The Balaban J connectivity index is 3.23. The average Bonchev–Trinajstić information content (AvgIpc) is 2.37. The third kappa shape index (κ3) is 2.89. The van der Waals surface area contributed by atoms with Gasteiger partial charge in [-0.3, -0.25) is 0 Å². The van der Waals surface area contributed by atoms with Crippen LogP contribution in [0.15, 0.2) is 12.1 Å². The van der Waals surface area contributed by atoms with Crippen molar-refractivity contribution in [1.29, 1.82) is 5.26 Å². The van der Waals surface area contributed by atoms with Gasteiger partial charge in [0.25, 0.3) is 0 Å². The molecule has 0 aromatic heterocycles. The molecule has 92 valence electrons. The van der Waals surface area contributed by atoms with Crippen LogP contribution in [-0.4, -0.2) is 20.8 Å². The summed E-state index contributed by atoms with van der Waals surface area (Å²) in [5.74, 6) is 1.37. The van der Waals surface area contributed by atoms with Gasteiger partial charge < -0.3 is 15.2 Å². The molecule has 2 N–H and O–H groups in total.